The van der Waals surface area contributed by atoms with Crippen LogP contribution >= 0.6 is 12.4 Å². The van der Waals surface area contributed by atoms with Crippen LogP contribution in [-0.4, -0.2) is 32.7 Å². The number of halogens is 1. The number of carbonyl (C=O) groups is 1. The van der Waals surface area contributed by atoms with Gasteiger partial charge in [-0.05, 0) is 56.5 Å². The third-order valence-corrected chi connectivity index (χ3v) is 4.17. The minimum Gasteiger partial charge on any atom is -0.486 e. The van der Waals surface area contributed by atoms with Gasteiger partial charge in [0.2, 0.25) is 5.91 Å². The van der Waals surface area contributed by atoms with Crippen LogP contribution in [0.2, 0.25) is 0 Å². The average molecular weight is 341 g/mol. The molecule has 2 N–H and O–H groups in total. The summed E-state index contributed by atoms with van der Waals surface area (Å²) in [5.41, 5.74) is 1.12. The normalized spacial score (nSPS) is 17.1. The smallest absolute Gasteiger partial charge is 0.220 e. The Morgan fingerprint density at radius 2 is 2.00 bits per heavy atom. The van der Waals surface area contributed by atoms with Crippen LogP contribution in [0.5, 0.6) is 11.5 Å². The van der Waals surface area contributed by atoms with Gasteiger partial charge < -0.3 is 20.1 Å². The summed E-state index contributed by atoms with van der Waals surface area (Å²) in [7, 11) is 1.90. The van der Waals surface area contributed by atoms with E-state index in [1.807, 2.05) is 25.2 Å². The fourth-order valence-corrected chi connectivity index (χ4v) is 2.83. The first-order valence-corrected chi connectivity index (χ1v) is 8.11. The molecule has 1 aliphatic carbocycles. The first-order valence-electron chi connectivity index (χ1n) is 8.11. The van der Waals surface area contributed by atoms with Gasteiger partial charge in [-0.25, -0.2) is 0 Å². The number of hydrogen-bond acceptors (Lipinski definition) is 4. The monoisotopic (exact) mass is 340 g/mol. The molecule has 128 valence electrons. The molecule has 1 unspecified atom stereocenters. The van der Waals surface area contributed by atoms with E-state index >= 15 is 0 Å². The summed E-state index contributed by atoms with van der Waals surface area (Å²) in [6.45, 7) is 2.05. The summed E-state index contributed by atoms with van der Waals surface area (Å²) in [5.74, 6) is 2.27. The summed E-state index contributed by atoms with van der Waals surface area (Å²) in [4.78, 5) is 12.1. The number of fused-ring (bicyclic) bond motifs is 1. The second-order valence-electron chi connectivity index (χ2n) is 5.99. The lowest BCUT2D eigenvalue weighted by Crippen LogP contribution is -2.30. The minimum absolute atomic E-state index is 0. The van der Waals surface area contributed by atoms with E-state index < -0.39 is 0 Å². The number of hydrogen-bond donors (Lipinski definition) is 2. The molecule has 1 fully saturated rings. The predicted octanol–water partition coefficient (Wildman–Crippen LogP) is 2.45. The van der Waals surface area contributed by atoms with Crippen molar-refractivity contribution in [1.82, 2.24) is 10.6 Å². The Bertz CT molecular complexity index is 535. The highest BCUT2D eigenvalue weighted by Gasteiger charge is 2.34. The van der Waals surface area contributed by atoms with Crippen molar-refractivity contribution in [3.05, 3.63) is 23.8 Å². The quantitative estimate of drug-likeness (QED) is 0.748. The van der Waals surface area contributed by atoms with Gasteiger partial charge in [0.15, 0.2) is 11.5 Å². The third kappa shape index (κ3) is 4.75. The third-order valence-electron chi connectivity index (χ3n) is 4.17. The number of rotatable bonds is 7. The number of ether oxygens (including phenoxy) is 2. The van der Waals surface area contributed by atoms with Gasteiger partial charge in [-0.15, -0.1) is 12.4 Å². The van der Waals surface area contributed by atoms with Crippen LogP contribution in [0.15, 0.2) is 18.2 Å². The molecule has 3 rings (SSSR count). The summed E-state index contributed by atoms with van der Waals surface area (Å²) < 4.78 is 11.2. The summed E-state index contributed by atoms with van der Waals surface area (Å²) in [5, 5.41) is 6.26. The standard InChI is InChI=1S/C17H24N2O3.ClH/c1-18-8-2-3-16(20)19-17(12-4-5-12)13-6-7-14-15(11-13)22-10-9-21-14;/h6-7,11-12,17-18H,2-5,8-10H2,1H3,(H,19,20);1H. The predicted molar refractivity (Wildman–Crippen MR) is 91.4 cm³/mol. The van der Waals surface area contributed by atoms with Crippen LogP contribution < -0.4 is 20.1 Å². The van der Waals surface area contributed by atoms with Crippen molar-refractivity contribution in [2.24, 2.45) is 5.92 Å². The maximum absolute atomic E-state index is 12.1. The summed E-state index contributed by atoms with van der Waals surface area (Å²) in [6, 6.07) is 6.11. The van der Waals surface area contributed by atoms with Gasteiger partial charge in [-0.2, -0.15) is 0 Å². The molecule has 1 aliphatic heterocycles. The van der Waals surface area contributed by atoms with Crippen LogP contribution in [0.1, 0.15) is 37.3 Å². The molecule has 1 heterocycles. The lowest BCUT2D eigenvalue weighted by Gasteiger charge is -2.23. The zero-order valence-corrected chi connectivity index (χ0v) is 14.3. The van der Waals surface area contributed by atoms with Gasteiger partial charge in [0, 0.05) is 6.42 Å². The van der Waals surface area contributed by atoms with Crippen LogP contribution in [0.25, 0.3) is 0 Å². The molecule has 1 aromatic carbocycles. The fraction of sp³-hybridized carbons (Fsp3) is 0.588. The Morgan fingerprint density at radius 1 is 1.26 bits per heavy atom. The van der Waals surface area contributed by atoms with Crippen LogP contribution in [0.4, 0.5) is 0 Å². The molecule has 0 radical (unpaired) electrons. The maximum atomic E-state index is 12.1. The van der Waals surface area contributed by atoms with E-state index in [4.69, 9.17) is 9.47 Å². The number of amides is 1. The molecule has 0 bridgehead atoms. The van der Waals surface area contributed by atoms with Gasteiger partial charge >= 0.3 is 0 Å². The molecule has 0 aromatic heterocycles. The second-order valence-corrected chi connectivity index (χ2v) is 5.99. The van der Waals surface area contributed by atoms with E-state index in [2.05, 4.69) is 10.6 Å². The van der Waals surface area contributed by atoms with Crippen molar-refractivity contribution in [1.29, 1.82) is 0 Å². The zero-order chi connectivity index (χ0) is 15.4. The molecule has 6 heteroatoms. The molecule has 1 amide bonds. The summed E-state index contributed by atoms with van der Waals surface area (Å²) in [6.07, 6.45) is 3.78. The SMILES string of the molecule is CNCCCC(=O)NC(c1ccc2c(c1)OCCO2)C1CC1.Cl. The molecular weight excluding hydrogens is 316 g/mol. The van der Waals surface area contributed by atoms with Gasteiger partial charge in [-0.1, -0.05) is 6.07 Å². The van der Waals surface area contributed by atoms with E-state index in [0.717, 1.165) is 30.0 Å². The summed E-state index contributed by atoms with van der Waals surface area (Å²) >= 11 is 0. The number of carbonyl (C=O) groups excluding carboxylic acids is 1. The highest BCUT2D eigenvalue weighted by Crippen LogP contribution is 2.43. The van der Waals surface area contributed by atoms with Crippen molar-refractivity contribution >= 4 is 18.3 Å². The molecule has 23 heavy (non-hydrogen) atoms. The Morgan fingerprint density at radius 3 is 2.70 bits per heavy atom. The number of nitrogens with one attached hydrogen (secondary N) is 2. The Labute approximate surface area is 143 Å². The van der Waals surface area contributed by atoms with E-state index in [-0.39, 0.29) is 24.4 Å². The van der Waals surface area contributed by atoms with Crippen LogP contribution in [0.3, 0.4) is 0 Å². The molecular formula is C17H25ClN2O3. The second kappa shape index (κ2) is 8.41. The Kier molecular flexibility index (Phi) is 6.54. The van der Waals surface area contributed by atoms with Crippen molar-refractivity contribution in [2.45, 2.75) is 31.7 Å². The molecule has 1 aromatic rings. The molecule has 1 atom stereocenters. The van der Waals surface area contributed by atoms with Crippen LogP contribution in [-0.2, 0) is 4.79 Å². The Balaban J connectivity index is 0.00000192. The van der Waals surface area contributed by atoms with Crippen LogP contribution in [0, 0.1) is 5.92 Å². The lowest BCUT2D eigenvalue weighted by molar-refractivity contribution is -0.122. The number of benzene rings is 1. The lowest BCUT2D eigenvalue weighted by atomic mass is 10.0. The van der Waals surface area contributed by atoms with E-state index in [9.17, 15) is 4.79 Å². The van der Waals surface area contributed by atoms with E-state index in [1.54, 1.807) is 0 Å². The van der Waals surface area contributed by atoms with Gasteiger partial charge in [0.25, 0.3) is 0 Å². The maximum Gasteiger partial charge on any atom is 0.220 e. The molecule has 1 saturated carbocycles. The molecule has 5 nitrogen and oxygen atoms in total. The fourth-order valence-electron chi connectivity index (χ4n) is 2.83. The Hall–Kier alpha value is -1.46. The highest BCUT2D eigenvalue weighted by molar-refractivity contribution is 5.85. The zero-order valence-electron chi connectivity index (χ0n) is 13.5. The topological polar surface area (TPSA) is 59.6 Å². The first-order chi connectivity index (χ1) is 10.8. The first kappa shape index (κ1) is 17.9. The minimum atomic E-state index is 0. The van der Waals surface area contributed by atoms with Crippen molar-refractivity contribution in [3.8, 4) is 11.5 Å². The highest BCUT2D eigenvalue weighted by atomic mass is 35.5. The van der Waals surface area contributed by atoms with E-state index in [1.165, 1.54) is 12.8 Å². The van der Waals surface area contributed by atoms with Gasteiger partial charge in [0.05, 0.1) is 6.04 Å². The average Bonchev–Trinajstić information content (AvgIpc) is 3.37. The van der Waals surface area contributed by atoms with Crippen molar-refractivity contribution < 1.29 is 14.3 Å². The molecule has 2 aliphatic rings. The van der Waals surface area contributed by atoms with Crippen molar-refractivity contribution in [2.75, 3.05) is 26.8 Å². The van der Waals surface area contributed by atoms with Crippen molar-refractivity contribution in [3.63, 3.8) is 0 Å². The molecule has 0 saturated heterocycles. The van der Waals surface area contributed by atoms with E-state index in [0.29, 0.717) is 25.6 Å². The largest absolute Gasteiger partial charge is 0.486 e. The van der Waals surface area contributed by atoms with Gasteiger partial charge in [0.1, 0.15) is 13.2 Å². The van der Waals surface area contributed by atoms with Gasteiger partial charge in [-0.3, -0.25) is 4.79 Å². The molecule has 0 spiro atoms.